The molecular formula is C20H43NO7Si3. The van der Waals surface area contributed by atoms with Gasteiger partial charge in [-0.05, 0) is 85.5 Å². The molecule has 0 heterocycles. The van der Waals surface area contributed by atoms with Crippen LogP contribution < -0.4 is 5.32 Å². The highest BCUT2D eigenvalue weighted by Crippen LogP contribution is 2.26. The van der Waals surface area contributed by atoms with E-state index in [1.54, 1.807) is 20.8 Å². The van der Waals surface area contributed by atoms with E-state index in [9.17, 15) is 9.59 Å². The van der Waals surface area contributed by atoms with Crippen molar-refractivity contribution >= 4 is 37.3 Å². The van der Waals surface area contributed by atoms with Gasteiger partial charge in [-0.1, -0.05) is 6.58 Å². The molecule has 0 spiro atoms. The Labute approximate surface area is 191 Å². The molecule has 0 aliphatic heterocycles. The predicted octanol–water partition coefficient (Wildman–Crippen LogP) is 5.10. The third kappa shape index (κ3) is 16.3. The van der Waals surface area contributed by atoms with Gasteiger partial charge in [0.1, 0.15) is 6.23 Å². The molecule has 182 valence electrons. The fourth-order valence-electron chi connectivity index (χ4n) is 2.94. The highest BCUT2D eigenvalue weighted by Gasteiger charge is 2.39. The maximum atomic E-state index is 11.9. The lowest BCUT2D eigenvalue weighted by Crippen LogP contribution is -2.52. The van der Waals surface area contributed by atoms with E-state index in [2.05, 4.69) is 57.7 Å². The summed E-state index contributed by atoms with van der Waals surface area (Å²) in [7, 11) is -5.69. The molecule has 0 saturated heterocycles. The van der Waals surface area contributed by atoms with Gasteiger partial charge < -0.3 is 22.4 Å². The van der Waals surface area contributed by atoms with E-state index in [0.717, 1.165) is 18.9 Å². The van der Waals surface area contributed by atoms with Crippen LogP contribution >= 0.6 is 0 Å². The van der Waals surface area contributed by atoms with Crippen molar-refractivity contribution in [2.24, 2.45) is 0 Å². The molecule has 2 unspecified atom stereocenters. The van der Waals surface area contributed by atoms with Crippen molar-refractivity contribution in [2.45, 2.75) is 98.0 Å². The maximum absolute atomic E-state index is 11.9. The fraction of sp³-hybridized carbons (Fsp3) is 0.800. The molecule has 0 radical (unpaired) electrons. The van der Waals surface area contributed by atoms with Crippen LogP contribution in [-0.2, 0) is 27.2 Å². The first-order chi connectivity index (χ1) is 13.9. The summed E-state index contributed by atoms with van der Waals surface area (Å²) < 4.78 is 28.6. The van der Waals surface area contributed by atoms with Crippen LogP contribution in [0.2, 0.25) is 51.9 Å². The number of nitrogens with one attached hydrogen (secondary N) is 1. The summed E-state index contributed by atoms with van der Waals surface area (Å²) >= 11 is 0. The van der Waals surface area contributed by atoms with Crippen molar-refractivity contribution < 1.29 is 32.0 Å². The SMILES string of the molecule is C=C(C)C(=O)OC(C)OC(C)NC(=O)OCCCC[Si](C)(O[Si](C)(C)C)O[Si](C)(C)C. The number of carbonyl (C=O) groups is 2. The van der Waals surface area contributed by atoms with Crippen molar-refractivity contribution in [3.8, 4) is 0 Å². The molecule has 2 atom stereocenters. The van der Waals surface area contributed by atoms with Crippen molar-refractivity contribution in [2.75, 3.05) is 6.61 Å². The number of carbonyl (C=O) groups excluding carboxylic acids is 2. The maximum Gasteiger partial charge on any atom is 0.409 e. The molecule has 0 aliphatic rings. The number of esters is 1. The quantitative estimate of drug-likeness (QED) is 0.118. The molecular weight excluding hydrogens is 450 g/mol. The largest absolute Gasteiger partial charge is 0.450 e. The molecule has 11 heteroatoms. The predicted molar refractivity (Wildman–Crippen MR) is 130 cm³/mol. The Balaban J connectivity index is 4.33. The summed E-state index contributed by atoms with van der Waals surface area (Å²) in [5.74, 6) is -0.547. The molecule has 0 bridgehead atoms. The zero-order valence-electron chi connectivity index (χ0n) is 21.0. The lowest BCUT2D eigenvalue weighted by Gasteiger charge is -2.38. The highest BCUT2D eigenvalue weighted by atomic mass is 28.5. The number of rotatable bonds is 14. The second-order valence-electron chi connectivity index (χ2n) is 9.83. The first-order valence-electron chi connectivity index (χ1n) is 10.8. The van der Waals surface area contributed by atoms with Crippen LogP contribution in [0.1, 0.15) is 33.6 Å². The summed E-state index contributed by atoms with van der Waals surface area (Å²) in [5.41, 5.74) is 0.278. The standard InChI is InChI=1S/C20H43NO7Si3/c1-16(2)19(22)26-18(4)25-17(3)21-20(23)24-14-12-13-15-31(11,27-29(5,6)7)28-30(8,9)10/h17-18H,1,12-15H2,2-11H3,(H,21,23). The second-order valence-corrected chi connectivity index (χ2v) is 22.7. The average Bonchev–Trinajstić information content (AvgIpc) is 2.49. The third-order valence-electron chi connectivity index (χ3n) is 3.64. The smallest absolute Gasteiger partial charge is 0.409 e. The van der Waals surface area contributed by atoms with Crippen molar-refractivity contribution in [1.29, 1.82) is 0 Å². The molecule has 0 fully saturated rings. The number of hydrogen-bond acceptors (Lipinski definition) is 7. The number of unbranched alkanes of at least 4 members (excludes halogenated alkanes) is 1. The number of alkyl carbamates (subject to hydrolysis) is 1. The molecule has 0 aromatic heterocycles. The lowest BCUT2D eigenvalue weighted by molar-refractivity contribution is -0.180. The lowest BCUT2D eigenvalue weighted by atomic mass is 10.4. The molecule has 1 N–H and O–H groups in total. The molecule has 0 aromatic carbocycles. The minimum absolute atomic E-state index is 0.278. The number of amides is 1. The molecule has 0 saturated carbocycles. The number of ether oxygens (including phenoxy) is 3. The van der Waals surface area contributed by atoms with Crippen molar-refractivity contribution in [1.82, 2.24) is 5.32 Å². The van der Waals surface area contributed by atoms with Gasteiger partial charge in [0, 0.05) is 5.57 Å². The first-order valence-corrected chi connectivity index (χ1v) is 20.1. The summed E-state index contributed by atoms with van der Waals surface area (Å²) in [6, 6.07) is 0.873. The minimum Gasteiger partial charge on any atom is -0.450 e. The summed E-state index contributed by atoms with van der Waals surface area (Å²) in [6.07, 6.45) is -0.485. The van der Waals surface area contributed by atoms with E-state index >= 15 is 0 Å². The molecule has 0 aromatic rings. The monoisotopic (exact) mass is 493 g/mol. The Morgan fingerprint density at radius 2 is 1.45 bits per heavy atom. The fourth-order valence-corrected chi connectivity index (χ4v) is 15.6. The van der Waals surface area contributed by atoms with Crippen LogP contribution in [-0.4, -0.2) is 56.4 Å². The molecule has 0 aliphatic carbocycles. The van der Waals surface area contributed by atoms with Crippen LogP contribution in [0.15, 0.2) is 12.2 Å². The van der Waals surface area contributed by atoms with Gasteiger partial charge in [0.25, 0.3) is 0 Å². The van der Waals surface area contributed by atoms with Gasteiger partial charge in [0.2, 0.25) is 6.29 Å². The van der Waals surface area contributed by atoms with Crippen LogP contribution in [0, 0.1) is 0 Å². The van der Waals surface area contributed by atoms with Gasteiger partial charge in [0.15, 0.2) is 16.6 Å². The zero-order valence-corrected chi connectivity index (χ0v) is 24.0. The zero-order chi connectivity index (χ0) is 24.5. The Hall–Kier alpha value is -0.989. The van der Waals surface area contributed by atoms with E-state index in [4.69, 9.17) is 22.4 Å². The van der Waals surface area contributed by atoms with Gasteiger partial charge in [-0.15, -0.1) is 0 Å². The Bertz CT molecular complexity index is 587. The van der Waals surface area contributed by atoms with E-state index < -0.39 is 49.8 Å². The normalized spacial score (nSPS) is 14.5. The van der Waals surface area contributed by atoms with Crippen LogP contribution in [0.25, 0.3) is 0 Å². The Morgan fingerprint density at radius 1 is 0.935 bits per heavy atom. The van der Waals surface area contributed by atoms with Crippen LogP contribution in [0.5, 0.6) is 0 Å². The molecule has 1 amide bonds. The average molecular weight is 494 g/mol. The first kappa shape index (κ1) is 30.0. The van der Waals surface area contributed by atoms with E-state index in [1.165, 1.54) is 0 Å². The van der Waals surface area contributed by atoms with Crippen molar-refractivity contribution in [3.05, 3.63) is 12.2 Å². The second kappa shape index (κ2) is 12.9. The minimum atomic E-state index is -2.26. The van der Waals surface area contributed by atoms with E-state index in [0.29, 0.717) is 6.61 Å². The van der Waals surface area contributed by atoms with Gasteiger partial charge in [-0.3, -0.25) is 5.32 Å². The topological polar surface area (TPSA) is 92.3 Å². The molecule has 8 nitrogen and oxygen atoms in total. The molecule has 31 heavy (non-hydrogen) atoms. The van der Waals surface area contributed by atoms with E-state index in [1.807, 2.05) is 0 Å². The van der Waals surface area contributed by atoms with Gasteiger partial charge >= 0.3 is 20.6 Å². The van der Waals surface area contributed by atoms with Crippen LogP contribution in [0.4, 0.5) is 4.79 Å². The third-order valence-corrected chi connectivity index (χ3v) is 13.3. The summed E-state index contributed by atoms with van der Waals surface area (Å²) in [6.45, 7) is 23.8. The molecule has 0 rings (SSSR count). The van der Waals surface area contributed by atoms with Crippen molar-refractivity contribution in [3.63, 3.8) is 0 Å². The Kier molecular flexibility index (Phi) is 12.5. The van der Waals surface area contributed by atoms with Crippen LogP contribution in [0.3, 0.4) is 0 Å². The van der Waals surface area contributed by atoms with E-state index in [-0.39, 0.29) is 5.57 Å². The number of hydrogen-bond donors (Lipinski definition) is 1. The Morgan fingerprint density at radius 3 is 1.90 bits per heavy atom. The van der Waals surface area contributed by atoms with Gasteiger partial charge in [0.05, 0.1) is 6.61 Å². The van der Waals surface area contributed by atoms with Gasteiger partial charge in [-0.25, -0.2) is 9.59 Å². The van der Waals surface area contributed by atoms with Gasteiger partial charge in [-0.2, -0.15) is 0 Å². The highest BCUT2D eigenvalue weighted by molar-refractivity contribution is 6.87. The summed E-state index contributed by atoms with van der Waals surface area (Å²) in [4.78, 5) is 23.4. The summed E-state index contributed by atoms with van der Waals surface area (Å²) in [5, 5.41) is 2.56.